The second-order valence-corrected chi connectivity index (χ2v) is 7.95. The molecule has 0 radical (unpaired) electrons. The van der Waals surface area contributed by atoms with Crippen molar-refractivity contribution in [3.8, 4) is 17.1 Å². The van der Waals surface area contributed by atoms with Crippen molar-refractivity contribution in [1.82, 2.24) is 15.4 Å². The van der Waals surface area contributed by atoms with Crippen molar-refractivity contribution in [3.05, 3.63) is 88.4 Å². The SMILES string of the molecule is COc1cccc(C(=O)N/N=c2/oc3ccc(Br)cc3cc2-c2nc3ccccc3[nH]2)c1. The molecule has 0 saturated heterocycles. The Kier molecular flexibility index (Phi) is 5.20. The number of fused-ring (bicyclic) bond motifs is 2. The van der Waals surface area contributed by atoms with Crippen molar-refractivity contribution < 1.29 is 13.9 Å². The summed E-state index contributed by atoms with van der Waals surface area (Å²) in [7, 11) is 1.55. The van der Waals surface area contributed by atoms with Crippen LogP contribution in [0.1, 0.15) is 10.4 Å². The number of benzene rings is 3. The number of aromatic nitrogens is 2. The van der Waals surface area contributed by atoms with Gasteiger partial charge in [-0.1, -0.05) is 34.1 Å². The van der Waals surface area contributed by atoms with Crippen LogP contribution in [0.2, 0.25) is 0 Å². The van der Waals surface area contributed by atoms with E-state index in [1.165, 1.54) is 0 Å². The number of methoxy groups -OCH3 is 1. The topological polar surface area (TPSA) is 92.5 Å². The minimum absolute atomic E-state index is 0.232. The summed E-state index contributed by atoms with van der Waals surface area (Å²) in [5.74, 6) is 0.790. The number of nitrogens with one attached hydrogen (secondary N) is 2. The fourth-order valence-corrected chi connectivity index (χ4v) is 3.74. The van der Waals surface area contributed by atoms with E-state index in [4.69, 9.17) is 9.15 Å². The van der Waals surface area contributed by atoms with Gasteiger partial charge in [-0.3, -0.25) is 4.79 Å². The number of carbonyl (C=O) groups is 1. The summed E-state index contributed by atoms with van der Waals surface area (Å²) in [5, 5.41) is 5.15. The summed E-state index contributed by atoms with van der Waals surface area (Å²) >= 11 is 3.49. The van der Waals surface area contributed by atoms with Gasteiger partial charge < -0.3 is 14.1 Å². The number of imidazole rings is 1. The fourth-order valence-electron chi connectivity index (χ4n) is 3.36. The average molecular weight is 489 g/mol. The van der Waals surface area contributed by atoms with Gasteiger partial charge in [-0.05, 0) is 54.6 Å². The molecule has 5 aromatic rings. The lowest BCUT2D eigenvalue weighted by atomic mass is 10.2. The molecule has 0 spiro atoms. The second kappa shape index (κ2) is 8.32. The standard InChI is InChI=1S/C24H17BrN4O3/c1-31-17-6-4-5-14(12-17)23(30)28-29-24-18(13-15-11-16(25)9-10-21(15)32-24)22-26-19-7-2-3-8-20(19)27-22/h2-13H,1H3,(H,26,27)(H,28,30)/b29-24+. The molecule has 1 amide bonds. The van der Waals surface area contributed by atoms with E-state index in [1.807, 2.05) is 48.5 Å². The van der Waals surface area contributed by atoms with Crippen LogP contribution in [-0.2, 0) is 0 Å². The first-order chi connectivity index (χ1) is 15.6. The largest absolute Gasteiger partial charge is 0.497 e. The average Bonchev–Trinajstić information content (AvgIpc) is 3.26. The lowest BCUT2D eigenvalue weighted by molar-refractivity contribution is 0.0951. The molecule has 0 aliphatic carbocycles. The van der Waals surface area contributed by atoms with Crippen LogP contribution in [0, 0.1) is 0 Å². The predicted octanol–water partition coefficient (Wildman–Crippen LogP) is 4.99. The number of carbonyl (C=O) groups excluding carboxylic acids is 1. The van der Waals surface area contributed by atoms with E-state index >= 15 is 0 Å². The predicted molar refractivity (Wildman–Crippen MR) is 125 cm³/mol. The van der Waals surface area contributed by atoms with Crippen LogP contribution in [0.25, 0.3) is 33.4 Å². The van der Waals surface area contributed by atoms with Crippen LogP contribution in [0.5, 0.6) is 5.75 Å². The number of para-hydroxylation sites is 2. The van der Waals surface area contributed by atoms with E-state index in [9.17, 15) is 4.79 Å². The molecule has 7 nitrogen and oxygen atoms in total. The maximum absolute atomic E-state index is 12.7. The minimum Gasteiger partial charge on any atom is -0.497 e. The zero-order valence-corrected chi connectivity index (χ0v) is 18.5. The molecule has 2 aromatic heterocycles. The number of H-pyrrole nitrogens is 1. The molecule has 0 bridgehead atoms. The minimum atomic E-state index is -0.384. The van der Waals surface area contributed by atoms with Crippen molar-refractivity contribution in [1.29, 1.82) is 0 Å². The smallest absolute Gasteiger partial charge is 0.271 e. The van der Waals surface area contributed by atoms with Gasteiger partial charge in [-0.15, -0.1) is 5.10 Å². The molecule has 0 saturated carbocycles. The van der Waals surface area contributed by atoms with Crippen LogP contribution < -0.4 is 15.7 Å². The Bertz CT molecular complexity index is 1500. The first kappa shape index (κ1) is 20.0. The number of hydrogen-bond donors (Lipinski definition) is 2. The van der Waals surface area contributed by atoms with Crippen LogP contribution in [0.4, 0.5) is 0 Å². The molecule has 8 heteroatoms. The zero-order chi connectivity index (χ0) is 22.1. The molecule has 0 aliphatic heterocycles. The van der Waals surface area contributed by atoms with E-state index in [0.29, 0.717) is 28.3 Å². The van der Waals surface area contributed by atoms with E-state index in [1.54, 1.807) is 31.4 Å². The Morgan fingerprint density at radius 3 is 2.81 bits per heavy atom. The van der Waals surface area contributed by atoms with Crippen LogP contribution >= 0.6 is 15.9 Å². The van der Waals surface area contributed by atoms with Gasteiger partial charge in [0.05, 0.1) is 23.7 Å². The molecular weight excluding hydrogens is 472 g/mol. The normalized spacial score (nSPS) is 11.8. The second-order valence-electron chi connectivity index (χ2n) is 7.03. The van der Waals surface area contributed by atoms with Gasteiger partial charge in [0.1, 0.15) is 17.2 Å². The van der Waals surface area contributed by atoms with E-state index in [0.717, 1.165) is 20.9 Å². The highest BCUT2D eigenvalue weighted by Gasteiger charge is 2.13. The highest BCUT2D eigenvalue weighted by molar-refractivity contribution is 9.10. The zero-order valence-electron chi connectivity index (χ0n) is 16.9. The first-order valence-electron chi connectivity index (χ1n) is 9.77. The molecule has 158 valence electrons. The number of amides is 1. The monoisotopic (exact) mass is 488 g/mol. The van der Waals surface area contributed by atoms with Crippen LogP contribution in [-0.4, -0.2) is 23.0 Å². The summed E-state index contributed by atoms with van der Waals surface area (Å²) in [6.07, 6.45) is 0. The molecule has 2 N–H and O–H groups in total. The number of hydrogen-bond acceptors (Lipinski definition) is 5. The van der Waals surface area contributed by atoms with Crippen molar-refractivity contribution in [2.24, 2.45) is 5.10 Å². The van der Waals surface area contributed by atoms with Crippen LogP contribution in [0.3, 0.4) is 0 Å². The molecule has 32 heavy (non-hydrogen) atoms. The molecule has 2 heterocycles. The molecule has 0 aliphatic rings. The van der Waals surface area contributed by atoms with Crippen LogP contribution in [0.15, 0.2) is 86.8 Å². The molecular formula is C24H17BrN4O3. The molecule has 0 unspecified atom stereocenters. The summed E-state index contributed by atoms with van der Waals surface area (Å²) < 4.78 is 12.2. The van der Waals surface area contributed by atoms with E-state index in [2.05, 4.69) is 36.4 Å². The summed E-state index contributed by atoms with van der Waals surface area (Å²) in [6.45, 7) is 0. The third-order valence-electron chi connectivity index (χ3n) is 4.94. The van der Waals surface area contributed by atoms with Gasteiger partial charge >= 0.3 is 0 Å². The van der Waals surface area contributed by atoms with Gasteiger partial charge in [0.15, 0.2) is 0 Å². The van der Waals surface area contributed by atoms with Gasteiger partial charge in [-0.2, -0.15) is 0 Å². The Morgan fingerprint density at radius 1 is 1.09 bits per heavy atom. The quantitative estimate of drug-likeness (QED) is 0.348. The third-order valence-corrected chi connectivity index (χ3v) is 5.44. The van der Waals surface area contributed by atoms with Crippen molar-refractivity contribution in [2.45, 2.75) is 0 Å². The number of halogens is 1. The molecule has 0 atom stereocenters. The number of ether oxygens (including phenoxy) is 1. The van der Waals surface area contributed by atoms with Crippen molar-refractivity contribution >= 4 is 43.8 Å². The Labute approximate surface area is 190 Å². The van der Waals surface area contributed by atoms with Crippen molar-refractivity contribution in [2.75, 3.05) is 7.11 Å². The lowest BCUT2D eigenvalue weighted by Crippen LogP contribution is -2.22. The fraction of sp³-hybridized carbons (Fsp3) is 0.0417. The van der Waals surface area contributed by atoms with Gasteiger partial charge in [0.25, 0.3) is 5.91 Å². The molecule has 0 fully saturated rings. The van der Waals surface area contributed by atoms with Gasteiger partial charge in [0, 0.05) is 15.4 Å². The van der Waals surface area contributed by atoms with Gasteiger partial charge in [-0.25, -0.2) is 10.4 Å². The number of nitrogens with zero attached hydrogens (tertiary/aromatic N) is 2. The maximum atomic E-state index is 12.7. The molecule has 3 aromatic carbocycles. The molecule has 5 rings (SSSR count). The third kappa shape index (κ3) is 3.88. The lowest BCUT2D eigenvalue weighted by Gasteiger charge is -2.05. The summed E-state index contributed by atoms with van der Waals surface area (Å²) in [5.41, 5.74) is 6.19. The van der Waals surface area contributed by atoms with E-state index in [-0.39, 0.29) is 11.5 Å². The first-order valence-corrected chi connectivity index (χ1v) is 10.6. The van der Waals surface area contributed by atoms with E-state index < -0.39 is 0 Å². The van der Waals surface area contributed by atoms with Gasteiger partial charge in [0.2, 0.25) is 5.55 Å². The number of rotatable bonds is 4. The highest BCUT2D eigenvalue weighted by Crippen LogP contribution is 2.24. The maximum Gasteiger partial charge on any atom is 0.271 e. The Morgan fingerprint density at radius 2 is 1.97 bits per heavy atom. The summed E-state index contributed by atoms with van der Waals surface area (Å²) in [4.78, 5) is 20.6. The highest BCUT2D eigenvalue weighted by atomic mass is 79.9. The van der Waals surface area contributed by atoms with Crippen molar-refractivity contribution in [3.63, 3.8) is 0 Å². The summed E-state index contributed by atoms with van der Waals surface area (Å²) in [6, 6.07) is 22.2. The Hall–Kier alpha value is -3.91. The number of aromatic amines is 1. The Balaban J connectivity index is 1.62.